The monoisotopic (exact) mass is 450 g/mol. The van der Waals surface area contributed by atoms with Gasteiger partial charge in [-0.25, -0.2) is 19.2 Å². The normalized spacial score (nSPS) is 12.2. The maximum atomic E-state index is 14.3. The Labute approximate surface area is 189 Å². The molecule has 1 aromatic carbocycles. The predicted octanol–water partition coefficient (Wildman–Crippen LogP) is 3.73. The SMILES string of the molecule is CC(C)C(C(=O)O)N(C)c1ccnc(-c2cc(-c3ccon3)n(Cc3ccccc3F)n2)n1. The molecule has 33 heavy (non-hydrogen) atoms. The Morgan fingerprint density at radius 3 is 2.67 bits per heavy atom. The van der Waals surface area contributed by atoms with Crippen molar-refractivity contribution in [2.45, 2.75) is 26.4 Å². The molecular weight excluding hydrogens is 427 g/mol. The van der Waals surface area contributed by atoms with E-state index in [9.17, 15) is 14.3 Å². The number of anilines is 1. The Morgan fingerprint density at radius 2 is 2.00 bits per heavy atom. The Kier molecular flexibility index (Phi) is 6.16. The quantitative estimate of drug-likeness (QED) is 0.432. The smallest absolute Gasteiger partial charge is 0.326 e. The second kappa shape index (κ2) is 9.19. The van der Waals surface area contributed by atoms with Gasteiger partial charge in [-0.3, -0.25) is 4.68 Å². The van der Waals surface area contributed by atoms with Crippen molar-refractivity contribution in [3.05, 3.63) is 66.3 Å². The molecule has 0 aliphatic rings. The number of carboxylic acids is 1. The molecule has 0 aliphatic carbocycles. The van der Waals surface area contributed by atoms with Gasteiger partial charge in [0.25, 0.3) is 0 Å². The molecule has 0 aliphatic heterocycles. The first kappa shape index (κ1) is 22.1. The molecule has 0 radical (unpaired) electrons. The van der Waals surface area contributed by atoms with Gasteiger partial charge in [-0.2, -0.15) is 5.10 Å². The highest BCUT2D eigenvalue weighted by molar-refractivity contribution is 5.78. The van der Waals surface area contributed by atoms with E-state index in [1.54, 1.807) is 59.2 Å². The van der Waals surface area contributed by atoms with Crippen LogP contribution >= 0.6 is 0 Å². The van der Waals surface area contributed by atoms with Crippen LogP contribution in [-0.2, 0) is 11.3 Å². The average molecular weight is 450 g/mol. The van der Waals surface area contributed by atoms with Gasteiger partial charge in [-0.1, -0.05) is 37.2 Å². The summed E-state index contributed by atoms with van der Waals surface area (Å²) in [6.45, 7) is 3.85. The second-order valence-corrected chi connectivity index (χ2v) is 7.93. The van der Waals surface area contributed by atoms with Crippen LogP contribution in [0.15, 0.2) is 59.4 Å². The summed E-state index contributed by atoms with van der Waals surface area (Å²) in [5.74, 6) is -0.647. The summed E-state index contributed by atoms with van der Waals surface area (Å²) in [5.41, 5.74) is 2.04. The van der Waals surface area contributed by atoms with Gasteiger partial charge in [0.1, 0.15) is 35.3 Å². The summed E-state index contributed by atoms with van der Waals surface area (Å²) in [4.78, 5) is 22.2. The van der Waals surface area contributed by atoms with E-state index < -0.39 is 12.0 Å². The van der Waals surface area contributed by atoms with Crippen molar-refractivity contribution < 1.29 is 18.8 Å². The first-order valence-corrected chi connectivity index (χ1v) is 10.4. The number of aliphatic carboxylic acids is 1. The molecule has 4 rings (SSSR count). The first-order chi connectivity index (χ1) is 15.8. The lowest BCUT2D eigenvalue weighted by molar-refractivity contribution is -0.139. The molecule has 1 N–H and O–H groups in total. The lowest BCUT2D eigenvalue weighted by Gasteiger charge is -2.28. The number of carbonyl (C=O) groups is 1. The van der Waals surface area contributed by atoms with E-state index in [-0.39, 0.29) is 18.3 Å². The van der Waals surface area contributed by atoms with Crippen LogP contribution in [0.4, 0.5) is 10.2 Å². The number of hydrogen-bond acceptors (Lipinski definition) is 7. The standard InChI is InChI=1S/C23H23FN6O3/c1-14(2)21(23(31)32)29(3)20-8-10-25-22(26-20)18-12-19(17-9-11-33-28-17)30(27-18)13-15-6-4-5-7-16(15)24/h4-12,14,21H,13H2,1-3H3,(H,31,32). The lowest BCUT2D eigenvalue weighted by atomic mass is 10.0. The molecule has 0 saturated heterocycles. The highest BCUT2D eigenvalue weighted by atomic mass is 19.1. The van der Waals surface area contributed by atoms with E-state index >= 15 is 0 Å². The molecule has 10 heteroatoms. The van der Waals surface area contributed by atoms with Crippen LogP contribution in [0.3, 0.4) is 0 Å². The van der Waals surface area contributed by atoms with E-state index in [1.165, 1.54) is 12.3 Å². The van der Waals surface area contributed by atoms with Crippen molar-refractivity contribution in [3.8, 4) is 22.9 Å². The zero-order chi connectivity index (χ0) is 23.5. The third-order valence-electron chi connectivity index (χ3n) is 5.29. The molecular formula is C23H23FN6O3. The fraction of sp³-hybridized carbons (Fsp3) is 0.261. The van der Waals surface area contributed by atoms with E-state index in [4.69, 9.17) is 4.52 Å². The molecule has 9 nitrogen and oxygen atoms in total. The molecule has 0 fully saturated rings. The van der Waals surface area contributed by atoms with Crippen LogP contribution in [0.25, 0.3) is 22.9 Å². The van der Waals surface area contributed by atoms with Gasteiger partial charge in [-0.15, -0.1) is 0 Å². The number of nitrogens with zero attached hydrogens (tertiary/aromatic N) is 6. The summed E-state index contributed by atoms with van der Waals surface area (Å²) >= 11 is 0. The zero-order valence-electron chi connectivity index (χ0n) is 18.4. The van der Waals surface area contributed by atoms with E-state index in [1.807, 2.05) is 13.8 Å². The summed E-state index contributed by atoms with van der Waals surface area (Å²) in [6.07, 6.45) is 3.00. The van der Waals surface area contributed by atoms with Gasteiger partial charge in [0.05, 0.1) is 12.2 Å². The highest BCUT2D eigenvalue weighted by Crippen LogP contribution is 2.26. The molecule has 3 heterocycles. The molecule has 1 unspecified atom stereocenters. The van der Waals surface area contributed by atoms with Gasteiger partial charge < -0.3 is 14.5 Å². The molecule has 3 aromatic heterocycles. The van der Waals surface area contributed by atoms with E-state index in [0.29, 0.717) is 34.3 Å². The minimum Gasteiger partial charge on any atom is -0.480 e. The van der Waals surface area contributed by atoms with Crippen molar-refractivity contribution in [1.29, 1.82) is 0 Å². The van der Waals surface area contributed by atoms with Crippen molar-refractivity contribution in [2.24, 2.45) is 5.92 Å². The Morgan fingerprint density at radius 1 is 1.21 bits per heavy atom. The molecule has 1 atom stereocenters. The number of likely N-dealkylation sites (N-methyl/N-ethyl adjacent to an activating group) is 1. The minimum absolute atomic E-state index is 0.135. The highest BCUT2D eigenvalue weighted by Gasteiger charge is 2.27. The fourth-order valence-electron chi connectivity index (χ4n) is 3.69. The predicted molar refractivity (Wildman–Crippen MR) is 119 cm³/mol. The maximum Gasteiger partial charge on any atom is 0.326 e. The van der Waals surface area contributed by atoms with Crippen LogP contribution in [0.1, 0.15) is 19.4 Å². The number of halogens is 1. The molecule has 0 bridgehead atoms. The summed E-state index contributed by atoms with van der Waals surface area (Å²) in [7, 11) is 1.68. The lowest BCUT2D eigenvalue weighted by Crippen LogP contribution is -2.43. The van der Waals surface area contributed by atoms with Crippen molar-refractivity contribution in [3.63, 3.8) is 0 Å². The van der Waals surface area contributed by atoms with Crippen molar-refractivity contribution in [2.75, 3.05) is 11.9 Å². The van der Waals surface area contributed by atoms with E-state index in [2.05, 4.69) is 20.2 Å². The zero-order valence-corrected chi connectivity index (χ0v) is 18.4. The maximum absolute atomic E-state index is 14.3. The number of rotatable bonds is 8. The van der Waals surface area contributed by atoms with Crippen molar-refractivity contribution in [1.82, 2.24) is 24.9 Å². The number of aromatic nitrogens is 5. The summed E-state index contributed by atoms with van der Waals surface area (Å²) in [6, 6.07) is 10.8. The van der Waals surface area contributed by atoms with E-state index in [0.717, 1.165) is 0 Å². The van der Waals surface area contributed by atoms with Gasteiger partial charge in [-0.05, 0) is 24.1 Å². The van der Waals surface area contributed by atoms with Gasteiger partial charge in [0, 0.05) is 24.9 Å². The average Bonchev–Trinajstić information content (AvgIpc) is 3.45. The third-order valence-corrected chi connectivity index (χ3v) is 5.29. The largest absolute Gasteiger partial charge is 0.480 e. The molecule has 4 aromatic rings. The third kappa shape index (κ3) is 4.59. The first-order valence-electron chi connectivity index (χ1n) is 10.4. The van der Waals surface area contributed by atoms with Crippen LogP contribution < -0.4 is 4.90 Å². The Hall–Kier alpha value is -4.08. The van der Waals surface area contributed by atoms with Gasteiger partial charge in [0.2, 0.25) is 0 Å². The summed E-state index contributed by atoms with van der Waals surface area (Å²) in [5, 5.41) is 18.2. The van der Waals surface area contributed by atoms with Gasteiger partial charge >= 0.3 is 5.97 Å². The molecule has 0 amide bonds. The van der Waals surface area contributed by atoms with Crippen molar-refractivity contribution >= 4 is 11.8 Å². The van der Waals surface area contributed by atoms with Gasteiger partial charge in [0.15, 0.2) is 5.82 Å². The van der Waals surface area contributed by atoms with Crippen LogP contribution in [0.5, 0.6) is 0 Å². The molecule has 170 valence electrons. The second-order valence-electron chi connectivity index (χ2n) is 7.93. The van der Waals surface area contributed by atoms with Crippen LogP contribution in [0.2, 0.25) is 0 Å². The molecule has 0 spiro atoms. The fourth-order valence-corrected chi connectivity index (χ4v) is 3.69. The van der Waals surface area contributed by atoms with Crippen LogP contribution in [-0.4, -0.2) is 49.1 Å². The minimum atomic E-state index is -0.935. The summed E-state index contributed by atoms with van der Waals surface area (Å²) < 4.78 is 20.9. The number of carboxylic acid groups (broad SMARTS) is 1. The van der Waals surface area contributed by atoms with Crippen LogP contribution in [0, 0.1) is 11.7 Å². The number of benzene rings is 1. The Balaban J connectivity index is 1.73. The molecule has 0 saturated carbocycles. The Bertz CT molecular complexity index is 1250. The number of hydrogen-bond donors (Lipinski definition) is 1. The topological polar surface area (TPSA) is 110 Å².